The molecule has 0 saturated heterocycles. The Kier molecular flexibility index (Phi) is 7.40. The molecule has 0 aliphatic carbocycles. The van der Waals surface area contributed by atoms with Crippen molar-refractivity contribution in [3.05, 3.63) is 76.2 Å². The molecule has 1 N–H and O–H groups in total. The van der Waals surface area contributed by atoms with Crippen LogP contribution in [-0.2, 0) is 20.9 Å². The quantitative estimate of drug-likeness (QED) is 0.556. The van der Waals surface area contributed by atoms with Gasteiger partial charge < -0.3 is 24.4 Å². The van der Waals surface area contributed by atoms with Gasteiger partial charge >= 0.3 is 5.97 Å². The lowest BCUT2D eigenvalue weighted by atomic mass is 9.93. The normalized spacial score (nSPS) is 16.8. The summed E-state index contributed by atoms with van der Waals surface area (Å²) in [7, 11) is 4.47. The van der Waals surface area contributed by atoms with Gasteiger partial charge in [-0.05, 0) is 36.6 Å². The van der Waals surface area contributed by atoms with Gasteiger partial charge in [-0.25, -0.2) is 9.79 Å². The first-order chi connectivity index (χ1) is 17.0. The Morgan fingerprint density at radius 2 is 1.97 bits per heavy atom. The summed E-state index contributed by atoms with van der Waals surface area (Å²) in [5, 5.41) is 5.46. The largest absolute Gasteiger partial charge is 0.497 e. The van der Waals surface area contributed by atoms with E-state index in [4.69, 9.17) is 14.2 Å². The van der Waals surface area contributed by atoms with Gasteiger partial charge in [0.15, 0.2) is 5.17 Å². The fourth-order valence-corrected chi connectivity index (χ4v) is 4.96. The number of pyridine rings is 1. The van der Waals surface area contributed by atoms with E-state index in [9.17, 15) is 9.59 Å². The highest BCUT2D eigenvalue weighted by molar-refractivity contribution is 8.16. The zero-order chi connectivity index (χ0) is 24.9. The van der Waals surface area contributed by atoms with Gasteiger partial charge in [0, 0.05) is 23.5 Å². The van der Waals surface area contributed by atoms with Crippen molar-refractivity contribution in [3.63, 3.8) is 0 Å². The van der Waals surface area contributed by atoms with E-state index in [0.717, 1.165) is 11.3 Å². The van der Waals surface area contributed by atoms with E-state index in [-0.39, 0.29) is 12.3 Å². The van der Waals surface area contributed by atoms with Crippen LogP contribution >= 0.6 is 11.8 Å². The summed E-state index contributed by atoms with van der Waals surface area (Å²) in [4.78, 5) is 36.5. The number of thioether (sulfide) groups is 1. The molecule has 35 heavy (non-hydrogen) atoms. The summed E-state index contributed by atoms with van der Waals surface area (Å²) >= 11 is 1.41. The van der Waals surface area contributed by atoms with E-state index in [0.29, 0.717) is 40.2 Å². The first-order valence-electron chi connectivity index (χ1n) is 10.9. The lowest BCUT2D eigenvalue weighted by Crippen LogP contribution is -2.38. The molecule has 0 bridgehead atoms. The number of carbonyl (C=O) groups excluding carboxylic acids is 2. The minimum atomic E-state index is -0.597. The Labute approximate surface area is 207 Å². The van der Waals surface area contributed by atoms with Gasteiger partial charge in [-0.2, -0.15) is 0 Å². The topological polar surface area (TPSA) is 102 Å². The number of rotatable bonds is 8. The zero-order valence-corrected chi connectivity index (χ0v) is 20.7. The maximum atomic E-state index is 12.9. The Morgan fingerprint density at radius 1 is 1.14 bits per heavy atom. The number of allylic oxidation sites excluding steroid dienone is 1. The lowest BCUT2D eigenvalue weighted by molar-refractivity contribution is -0.136. The maximum absolute atomic E-state index is 12.9. The monoisotopic (exact) mass is 494 g/mol. The summed E-state index contributed by atoms with van der Waals surface area (Å²) in [5.74, 6) is 0.496. The summed E-state index contributed by atoms with van der Waals surface area (Å²) in [6.07, 6.45) is 1.78. The number of carbonyl (C=O) groups is 2. The Morgan fingerprint density at radius 3 is 2.66 bits per heavy atom. The average Bonchev–Trinajstić information content (AvgIpc) is 3.28. The van der Waals surface area contributed by atoms with E-state index < -0.39 is 12.0 Å². The molecular formula is C25H26N4O5S. The molecule has 0 saturated carbocycles. The molecule has 1 aromatic carbocycles. The molecule has 2 aromatic rings. The van der Waals surface area contributed by atoms with Crippen molar-refractivity contribution in [1.82, 2.24) is 15.2 Å². The van der Waals surface area contributed by atoms with Gasteiger partial charge in [-0.15, -0.1) is 0 Å². The zero-order valence-electron chi connectivity index (χ0n) is 19.9. The van der Waals surface area contributed by atoms with Crippen LogP contribution in [0.5, 0.6) is 11.5 Å². The van der Waals surface area contributed by atoms with Crippen LogP contribution in [0.2, 0.25) is 0 Å². The number of fused-ring (bicyclic) bond motifs is 1. The van der Waals surface area contributed by atoms with E-state index in [1.165, 1.54) is 18.9 Å². The third-order valence-electron chi connectivity index (χ3n) is 5.68. The molecule has 0 spiro atoms. The van der Waals surface area contributed by atoms with Gasteiger partial charge in [0.1, 0.15) is 11.5 Å². The van der Waals surface area contributed by atoms with Gasteiger partial charge in [-0.1, -0.05) is 17.8 Å². The van der Waals surface area contributed by atoms with Crippen molar-refractivity contribution in [2.75, 3.05) is 21.3 Å². The highest BCUT2D eigenvalue weighted by Crippen LogP contribution is 2.47. The van der Waals surface area contributed by atoms with Crippen LogP contribution < -0.4 is 14.8 Å². The van der Waals surface area contributed by atoms with Crippen LogP contribution in [0.1, 0.15) is 30.6 Å². The SMILES string of the molecule is COC(=O)C1=C(C)N=C2SC=C(CC(=O)NCc3ccccn3)N2C1c1ccc(OC)cc1OC. The first-order valence-corrected chi connectivity index (χ1v) is 11.8. The highest BCUT2D eigenvalue weighted by Gasteiger charge is 2.42. The maximum Gasteiger partial charge on any atom is 0.338 e. The van der Waals surface area contributed by atoms with Crippen molar-refractivity contribution < 1.29 is 23.8 Å². The summed E-state index contributed by atoms with van der Waals surface area (Å²) in [6.45, 7) is 2.10. The summed E-state index contributed by atoms with van der Waals surface area (Å²) in [6, 6.07) is 10.4. The van der Waals surface area contributed by atoms with Crippen molar-refractivity contribution in [2.45, 2.75) is 25.9 Å². The van der Waals surface area contributed by atoms with Crippen molar-refractivity contribution in [3.8, 4) is 11.5 Å². The van der Waals surface area contributed by atoms with Gasteiger partial charge in [0.05, 0.1) is 57.3 Å². The Balaban J connectivity index is 1.67. The lowest BCUT2D eigenvalue weighted by Gasteiger charge is -2.36. The third-order valence-corrected chi connectivity index (χ3v) is 6.56. The molecule has 0 fully saturated rings. The number of methoxy groups -OCH3 is 3. The number of hydrogen-bond donors (Lipinski definition) is 1. The number of ether oxygens (including phenoxy) is 3. The van der Waals surface area contributed by atoms with E-state index in [1.807, 2.05) is 34.6 Å². The van der Waals surface area contributed by atoms with Gasteiger partial charge in [0.25, 0.3) is 0 Å². The minimum Gasteiger partial charge on any atom is -0.497 e. The molecule has 1 amide bonds. The van der Waals surface area contributed by atoms with Crippen LogP contribution in [0.25, 0.3) is 0 Å². The molecule has 1 atom stereocenters. The van der Waals surface area contributed by atoms with Crippen molar-refractivity contribution in [2.24, 2.45) is 4.99 Å². The minimum absolute atomic E-state index is 0.0985. The fourth-order valence-electron chi connectivity index (χ4n) is 4.00. The molecule has 1 aromatic heterocycles. The fraction of sp³-hybridized carbons (Fsp3) is 0.280. The molecule has 1 unspecified atom stereocenters. The Bertz CT molecular complexity index is 1230. The second-order valence-corrected chi connectivity index (χ2v) is 8.60. The standard InChI is InChI=1S/C25H26N4O5S/c1-15-22(24(31)34-4)23(19-9-8-18(32-2)12-20(19)33-3)29-17(14-35-25(29)28-15)11-21(30)27-13-16-7-5-6-10-26-16/h5-10,12,14,23H,11,13H2,1-4H3,(H,27,30). The number of amidine groups is 1. The molecular weight excluding hydrogens is 468 g/mol. The number of aliphatic imine (C=N–C) groups is 1. The number of nitrogens with zero attached hydrogens (tertiary/aromatic N) is 3. The third kappa shape index (κ3) is 5.02. The summed E-state index contributed by atoms with van der Waals surface area (Å²) < 4.78 is 16.1. The van der Waals surface area contributed by atoms with Gasteiger partial charge in [-0.3, -0.25) is 9.78 Å². The van der Waals surface area contributed by atoms with Crippen LogP contribution in [0, 0.1) is 0 Å². The highest BCUT2D eigenvalue weighted by atomic mass is 32.2. The molecule has 4 rings (SSSR count). The number of amides is 1. The predicted octanol–water partition coefficient (Wildman–Crippen LogP) is 3.55. The smallest absolute Gasteiger partial charge is 0.338 e. The van der Waals surface area contributed by atoms with Crippen LogP contribution in [0.15, 0.2) is 70.0 Å². The number of nitrogens with one attached hydrogen (secondary N) is 1. The van der Waals surface area contributed by atoms with Crippen LogP contribution in [-0.4, -0.2) is 48.3 Å². The van der Waals surface area contributed by atoms with E-state index >= 15 is 0 Å². The number of aromatic nitrogens is 1. The number of hydrogen-bond acceptors (Lipinski definition) is 9. The second kappa shape index (κ2) is 10.6. The molecule has 0 radical (unpaired) electrons. The molecule has 182 valence electrons. The van der Waals surface area contributed by atoms with Gasteiger partial charge in [0.2, 0.25) is 5.91 Å². The van der Waals surface area contributed by atoms with E-state index in [2.05, 4.69) is 15.3 Å². The van der Waals surface area contributed by atoms with Crippen LogP contribution in [0.3, 0.4) is 0 Å². The Hall–Kier alpha value is -3.79. The number of benzene rings is 1. The predicted molar refractivity (Wildman–Crippen MR) is 133 cm³/mol. The average molecular weight is 495 g/mol. The number of esters is 1. The molecule has 10 heteroatoms. The van der Waals surface area contributed by atoms with Crippen LogP contribution in [0.4, 0.5) is 0 Å². The van der Waals surface area contributed by atoms with Crippen molar-refractivity contribution in [1.29, 1.82) is 0 Å². The molecule has 3 heterocycles. The second-order valence-electron chi connectivity index (χ2n) is 7.77. The van der Waals surface area contributed by atoms with E-state index in [1.54, 1.807) is 39.5 Å². The molecule has 2 aliphatic heterocycles. The molecule has 2 aliphatic rings. The molecule has 9 nitrogen and oxygen atoms in total. The summed E-state index contributed by atoms with van der Waals surface area (Å²) in [5.41, 5.74) is 3.13. The van der Waals surface area contributed by atoms with Crippen molar-refractivity contribution >= 4 is 28.8 Å². The first kappa shape index (κ1) is 24.3.